The highest BCUT2D eigenvalue weighted by atomic mass is 15.0. The molecule has 4 rings (SSSR count). The Kier molecular flexibility index (Phi) is 3.82. The summed E-state index contributed by atoms with van der Waals surface area (Å²) < 4.78 is 0. The molecule has 0 spiro atoms. The van der Waals surface area contributed by atoms with Gasteiger partial charge < -0.3 is 0 Å². The van der Waals surface area contributed by atoms with Crippen molar-refractivity contribution in [3.05, 3.63) is 70.8 Å². The van der Waals surface area contributed by atoms with E-state index in [0.29, 0.717) is 24.3 Å². The monoisotopic (exact) mass is 315 g/mol. The summed E-state index contributed by atoms with van der Waals surface area (Å²) in [5.74, 6) is 1.95. The van der Waals surface area contributed by atoms with Crippen molar-refractivity contribution in [2.45, 2.75) is 44.1 Å². The number of benzene rings is 2. The highest BCUT2D eigenvalue weighted by Gasteiger charge is 2.43. The molecule has 3 nitrogen and oxygen atoms in total. The smallest absolute Gasteiger partial charge is 0.182 e. The maximum Gasteiger partial charge on any atom is 0.182 e. The minimum atomic E-state index is 0.296. The first-order valence-corrected chi connectivity index (χ1v) is 8.61. The normalized spacial score (nSPS) is 24.5. The zero-order valence-electron chi connectivity index (χ0n) is 13.9. The molecule has 2 aliphatic rings. The van der Waals surface area contributed by atoms with Crippen LogP contribution < -0.4 is 5.32 Å². The molecule has 0 aliphatic heterocycles. The Morgan fingerprint density at radius 3 is 2.67 bits per heavy atom. The van der Waals surface area contributed by atoms with Crippen LogP contribution >= 0.6 is 0 Å². The molecule has 0 unspecified atom stereocenters. The van der Waals surface area contributed by atoms with Crippen LogP contribution in [0.2, 0.25) is 0 Å². The summed E-state index contributed by atoms with van der Waals surface area (Å²) in [6.45, 7) is 2.10. The largest absolute Gasteiger partial charge is 0.280 e. The summed E-state index contributed by atoms with van der Waals surface area (Å²) in [5, 5.41) is 11.9. The first kappa shape index (κ1) is 15.0. The van der Waals surface area contributed by atoms with Crippen LogP contribution in [0.15, 0.2) is 53.5 Å². The number of amidine groups is 1. The zero-order chi connectivity index (χ0) is 16.5. The highest BCUT2D eigenvalue weighted by Crippen LogP contribution is 2.54. The second-order valence-electron chi connectivity index (χ2n) is 6.89. The number of nitrogens with one attached hydrogen (secondary N) is 1. The standard InChI is InChI=1S/C21H21N3/c1-14-6-2-3-7-15(14)12-21(23-13-22)24-20-11-16-10-19(20)18-9-5-4-8-17(16)18/h2-9,16,19-20H,10-12H2,1H3,(H,23,24)/t16-,19+,20-/m1/s1. The van der Waals surface area contributed by atoms with Crippen molar-refractivity contribution >= 4 is 5.84 Å². The number of fused-ring (bicyclic) bond motifs is 5. The first-order chi connectivity index (χ1) is 11.8. The molecular formula is C21H21N3. The van der Waals surface area contributed by atoms with E-state index in [1.807, 2.05) is 12.1 Å². The third-order valence-electron chi connectivity index (χ3n) is 5.51. The Hall–Kier alpha value is -2.60. The molecule has 1 saturated carbocycles. The van der Waals surface area contributed by atoms with Crippen LogP contribution in [0.5, 0.6) is 0 Å². The second-order valence-corrected chi connectivity index (χ2v) is 6.89. The average molecular weight is 315 g/mol. The van der Waals surface area contributed by atoms with Crippen molar-refractivity contribution in [1.29, 1.82) is 5.26 Å². The van der Waals surface area contributed by atoms with Crippen molar-refractivity contribution in [2.75, 3.05) is 0 Å². The van der Waals surface area contributed by atoms with Gasteiger partial charge in [0.15, 0.2) is 6.19 Å². The van der Waals surface area contributed by atoms with Crippen LogP contribution in [0.1, 0.15) is 46.9 Å². The van der Waals surface area contributed by atoms with E-state index in [1.54, 1.807) is 0 Å². The van der Waals surface area contributed by atoms with Gasteiger partial charge in [-0.05, 0) is 47.9 Å². The van der Waals surface area contributed by atoms with Gasteiger partial charge in [-0.1, -0.05) is 48.5 Å². The summed E-state index contributed by atoms with van der Waals surface area (Å²) in [4.78, 5) is 4.97. The van der Waals surface area contributed by atoms with Gasteiger partial charge in [-0.25, -0.2) is 0 Å². The Balaban J connectivity index is 1.59. The van der Waals surface area contributed by atoms with Crippen molar-refractivity contribution < 1.29 is 0 Å². The maximum atomic E-state index is 9.11. The summed E-state index contributed by atoms with van der Waals surface area (Å²) in [5.41, 5.74) is 5.45. The topological polar surface area (TPSA) is 48.2 Å². The van der Waals surface area contributed by atoms with Gasteiger partial charge in [-0.3, -0.25) is 10.3 Å². The predicted octanol–water partition coefficient (Wildman–Crippen LogP) is 4.05. The van der Waals surface area contributed by atoms with E-state index in [9.17, 15) is 0 Å². The van der Waals surface area contributed by atoms with E-state index in [1.165, 1.54) is 28.7 Å². The molecule has 2 bridgehead atoms. The molecule has 0 aromatic heterocycles. The number of nitrogens with zero attached hydrogens (tertiary/aromatic N) is 2. The molecule has 120 valence electrons. The lowest BCUT2D eigenvalue weighted by Gasteiger charge is -2.22. The summed E-state index contributed by atoms with van der Waals surface area (Å²) in [7, 11) is 0. The van der Waals surface area contributed by atoms with E-state index >= 15 is 0 Å². The lowest BCUT2D eigenvalue weighted by atomic mass is 9.88. The molecule has 1 fully saturated rings. The van der Waals surface area contributed by atoms with E-state index in [-0.39, 0.29) is 0 Å². The minimum Gasteiger partial charge on any atom is -0.280 e. The minimum absolute atomic E-state index is 0.296. The van der Waals surface area contributed by atoms with Crippen LogP contribution in [-0.4, -0.2) is 11.9 Å². The Morgan fingerprint density at radius 2 is 1.88 bits per heavy atom. The van der Waals surface area contributed by atoms with Gasteiger partial charge in [0.25, 0.3) is 0 Å². The molecule has 2 aromatic rings. The van der Waals surface area contributed by atoms with Crippen molar-refractivity contribution in [2.24, 2.45) is 4.99 Å². The third kappa shape index (κ3) is 2.59. The van der Waals surface area contributed by atoms with Gasteiger partial charge in [-0.2, -0.15) is 5.26 Å². The fraction of sp³-hybridized carbons (Fsp3) is 0.333. The zero-order valence-corrected chi connectivity index (χ0v) is 13.9. The molecule has 0 saturated heterocycles. The molecule has 24 heavy (non-hydrogen) atoms. The molecular weight excluding hydrogens is 294 g/mol. The number of aliphatic imine (C=N–C) groups is 1. The van der Waals surface area contributed by atoms with Gasteiger partial charge >= 0.3 is 0 Å². The lowest BCUT2D eigenvalue weighted by Crippen LogP contribution is -2.25. The SMILES string of the molecule is Cc1ccccc1CC(=N[C@@H]1C[C@H]2C[C@H]1c1ccccc12)NC#N. The van der Waals surface area contributed by atoms with Crippen molar-refractivity contribution in [3.8, 4) is 6.19 Å². The van der Waals surface area contributed by atoms with Gasteiger partial charge in [0.1, 0.15) is 5.84 Å². The van der Waals surface area contributed by atoms with Gasteiger partial charge in [0, 0.05) is 12.3 Å². The third-order valence-corrected chi connectivity index (χ3v) is 5.51. The summed E-state index contributed by atoms with van der Waals surface area (Å²) in [6, 6.07) is 17.4. The van der Waals surface area contributed by atoms with Gasteiger partial charge in [0.05, 0.1) is 6.04 Å². The lowest BCUT2D eigenvalue weighted by molar-refractivity contribution is 0.594. The molecule has 2 aromatic carbocycles. The van der Waals surface area contributed by atoms with E-state index < -0.39 is 0 Å². The fourth-order valence-corrected chi connectivity index (χ4v) is 4.34. The first-order valence-electron chi connectivity index (χ1n) is 8.61. The molecule has 0 amide bonds. The summed E-state index contributed by atoms with van der Waals surface area (Å²) >= 11 is 0. The van der Waals surface area contributed by atoms with Gasteiger partial charge in [-0.15, -0.1) is 0 Å². The van der Waals surface area contributed by atoms with Crippen LogP contribution in [0, 0.1) is 18.4 Å². The summed E-state index contributed by atoms with van der Waals surface area (Å²) in [6.07, 6.45) is 5.06. The molecule has 1 N–H and O–H groups in total. The number of hydrogen-bond donors (Lipinski definition) is 1. The van der Waals surface area contributed by atoms with Crippen LogP contribution in [0.3, 0.4) is 0 Å². The molecule has 0 heterocycles. The Bertz CT molecular complexity index is 831. The number of nitriles is 1. The molecule has 3 atom stereocenters. The maximum absolute atomic E-state index is 9.11. The van der Waals surface area contributed by atoms with Crippen LogP contribution in [0.4, 0.5) is 0 Å². The predicted molar refractivity (Wildman–Crippen MR) is 96.0 cm³/mol. The fourth-order valence-electron chi connectivity index (χ4n) is 4.34. The molecule has 2 aliphatic carbocycles. The number of aryl methyl sites for hydroxylation is 1. The quantitative estimate of drug-likeness (QED) is 0.402. The van der Waals surface area contributed by atoms with Crippen LogP contribution in [-0.2, 0) is 6.42 Å². The van der Waals surface area contributed by atoms with Crippen LogP contribution in [0.25, 0.3) is 0 Å². The average Bonchev–Trinajstić information content (AvgIpc) is 3.16. The van der Waals surface area contributed by atoms with Crippen molar-refractivity contribution in [3.63, 3.8) is 0 Å². The van der Waals surface area contributed by atoms with Crippen molar-refractivity contribution in [1.82, 2.24) is 5.32 Å². The van der Waals surface area contributed by atoms with E-state index in [2.05, 4.69) is 54.8 Å². The Morgan fingerprint density at radius 1 is 1.12 bits per heavy atom. The molecule has 0 radical (unpaired) electrons. The Labute approximate surface area is 143 Å². The number of hydrogen-bond acceptors (Lipinski definition) is 2. The van der Waals surface area contributed by atoms with E-state index in [4.69, 9.17) is 10.3 Å². The second kappa shape index (κ2) is 6.13. The van der Waals surface area contributed by atoms with Gasteiger partial charge in [0.2, 0.25) is 0 Å². The molecule has 3 heteroatoms. The van der Waals surface area contributed by atoms with E-state index in [0.717, 1.165) is 12.3 Å². The number of rotatable bonds is 3. The highest BCUT2D eigenvalue weighted by molar-refractivity contribution is 5.86.